The highest BCUT2D eigenvalue weighted by atomic mass is 79.9. The van der Waals surface area contributed by atoms with Crippen LogP contribution in [0.2, 0.25) is 0 Å². The van der Waals surface area contributed by atoms with E-state index in [-0.39, 0.29) is 18.1 Å². The maximum absolute atomic E-state index is 11.6. The summed E-state index contributed by atoms with van der Waals surface area (Å²) in [6, 6.07) is 7.54. The Morgan fingerprint density at radius 2 is 1.93 bits per heavy atom. The monoisotopic (exact) mass is 267 g/mol. The largest absolute Gasteiger partial charge is 0.310 e. The van der Waals surface area contributed by atoms with Gasteiger partial charge in [0.2, 0.25) is 5.91 Å². The molecule has 0 saturated carbocycles. The van der Waals surface area contributed by atoms with E-state index in [4.69, 9.17) is 0 Å². The molecule has 1 aliphatic rings. The Morgan fingerprint density at radius 3 is 2.60 bits per heavy atom. The molecule has 78 valence electrons. The van der Waals surface area contributed by atoms with Crippen molar-refractivity contribution in [2.75, 3.05) is 11.4 Å². The summed E-state index contributed by atoms with van der Waals surface area (Å²) in [5, 5.41) is 0. The molecule has 0 bridgehead atoms. The Labute approximate surface area is 96.2 Å². The van der Waals surface area contributed by atoms with E-state index in [1.165, 1.54) is 0 Å². The van der Waals surface area contributed by atoms with E-state index < -0.39 is 0 Å². The molecule has 0 spiro atoms. The lowest BCUT2D eigenvalue weighted by Crippen LogP contribution is -2.39. The number of hydrogen-bond acceptors (Lipinski definition) is 2. The van der Waals surface area contributed by atoms with Gasteiger partial charge in [0.15, 0.2) is 0 Å². The third-order valence-corrected chi connectivity index (χ3v) is 3.08. The van der Waals surface area contributed by atoms with Crippen LogP contribution in [-0.2, 0) is 9.59 Å². The SMILES string of the molecule is O=C1CCN(c2ccccc2Br)C(=O)C1. The molecule has 3 nitrogen and oxygen atoms in total. The molecule has 0 radical (unpaired) electrons. The first-order chi connectivity index (χ1) is 7.18. The number of ketones is 1. The second-order valence-electron chi connectivity index (χ2n) is 3.46. The molecule has 0 aliphatic carbocycles. The number of carbonyl (C=O) groups is 2. The highest BCUT2D eigenvalue weighted by Crippen LogP contribution is 2.27. The van der Waals surface area contributed by atoms with E-state index in [0.29, 0.717) is 13.0 Å². The van der Waals surface area contributed by atoms with Crippen molar-refractivity contribution < 1.29 is 9.59 Å². The van der Waals surface area contributed by atoms with Gasteiger partial charge in [-0.25, -0.2) is 0 Å². The van der Waals surface area contributed by atoms with Crippen LogP contribution < -0.4 is 4.90 Å². The number of amides is 1. The minimum absolute atomic E-state index is 0.0291. The number of anilines is 1. The number of carbonyl (C=O) groups excluding carboxylic acids is 2. The number of piperidine rings is 1. The third kappa shape index (κ3) is 2.09. The van der Waals surface area contributed by atoms with Crippen LogP contribution in [0.5, 0.6) is 0 Å². The van der Waals surface area contributed by atoms with Gasteiger partial charge in [-0.1, -0.05) is 12.1 Å². The molecule has 1 aromatic carbocycles. The van der Waals surface area contributed by atoms with Crippen LogP contribution in [0.3, 0.4) is 0 Å². The molecule has 0 N–H and O–H groups in total. The number of para-hydroxylation sites is 1. The van der Waals surface area contributed by atoms with Crippen molar-refractivity contribution in [3.63, 3.8) is 0 Å². The Hall–Kier alpha value is -1.16. The van der Waals surface area contributed by atoms with Crippen molar-refractivity contribution in [3.8, 4) is 0 Å². The molecule has 1 heterocycles. The average molecular weight is 268 g/mol. The Balaban J connectivity index is 2.28. The van der Waals surface area contributed by atoms with E-state index in [0.717, 1.165) is 10.2 Å². The zero-order chi connectivity index (χ0) is 10.8. The van der Waals surface area contributed by atoms with Gasteiger partial charge in [-0.2, -0.15) is 0 Å². The Bertz CT molecular complexity index is 417. The van der Waals surface area contributed by atoms with Crippen molar-refractivity contribution in [2.45, 2.75) is 12.8 Å². The minimum Gasteiger partial charge on any atom is -0.310 e. The van der Waals surface area contributed by atoms with Gasteiger partial charge in [0.25, 0.3) is 0 Å². The van der Waals surface area contributed by atoms with Crippen LogP contribution in [0.1, 0.15) is 12.8 Å². The summed E-state index contributed by atoms with van der Waals surface area (Å²) in [7, 11) is 0. The van der Waals surface area contributed by atoms with Gasteiger partial charge in [-0.15, -0.1) is 0 Å². The number of nitrogens with zero attached hydrogens (tertiary/aromatic N) is 1. The number of Topliss-reactive ketones (excluding diaryl/α,β-unsaturated/α-hetero) is 1. The molecular weight excluding hydrogens is 258 g/mol. The first-order valence-corrected chi connectivity index (χ1v) is 5.54. The van der Waals surface area contributed by atoms with Crippen LogP contribution >= 0.6 is 15.9 Å². The molecule has 1 amide bonds. The summed E-state index contributed by atoms with van der Waals surface area (Å²) < 4.78 is 0.882. The number of benzene rings is 1. The molecule has 0 unspecified atom stereocenters. The van der Waals surface area contributed by atoms with Crippen molar-refractivity contribution in [1.82, 2.24) is 0 Å². The highest BCUT2D eigenvalue weighted by Gasteiger charge is 2.25. The van der Waals surface area contributed by atoms with Crippen LogP contribution in [-0.4, -0.2) is 18.2 Å². The van der Waals surface area contributed by atoms with E-state index in [1.807, 2.05) is 24.3 Å². The summed E-state index contributed by atoms with van der Waals surface area (Å²) in [5.74, 6) is -0.0820. The quantitative estimate of drug-likeness (QED) is 0.732. The zero-order valence-electron chi connectivity index (χ0n) is 8.07. The molecule has 1 aliphatic heterocycles. The fourth-order valence-electron chi connectivity index (χ4n) is 1.64. The van der Waals surface area contributed by atoms with Gasteiger partial charge < -0.3 is 4.90 Å². The second-order valence-corrected chi connectivity index (χ2v) is 4.32. The lowest BCUT2D eigenvalue weighted by atomic mass is 10.1. The van der Waals surface area contributed by atoms with Gasteiger partial charge in [-0.05, 0) is 28.1 Å². The second kappa shape index (κ2) is 4.14. The van der Waals surface area contributed by atoms with Crippen molar-refractivity contribution in [2.24, 2.45) is 0 Å². The lowest BCUT2D eigenvalue weighted by Gasteiger charge is -2.26. The molecule has 1 aromatic rings. The van der Waals surface area contributed by atoms with E-state index in [2.05, 4.69) is 15.9 Å². The van der Waals surface area contributed by atoms with Crippen LogP contribution in [0.25, 0.3) is 0 Å². The van der Waals surface area contributed by atoms with Crippen molar-refractivity contribution in [1.29, 1.82) is 0 Å². The molecule has 0 atom stereocenters. The molecule has 0 aromatic heterocycles. The van der Waals surface area contributed by atoms with Gasteiger partial charge in [0.1, 0.15) is 5.78 Å². The first kappa shape index (κ1) is 10.4. The lowest BCUT2D eigenvalue weighted by molar-refractivity contribution is -0.128. The summed E-state index contributed by atoms with van der Waals surface area (Å²) in [6.45, 7) is 0.486. The third-order valence-electron chi connectivity index (χ3n) is 2.41. The van der Waals surface area contributed by atoms with E-state index >= 15 is 0 Å². The highest BCUT2D eigenvalue weighted by molar-refractivity contribution is 9.10. The number of halogens is 1. The summed E-state index contributed by atoms with van der Waals surface area (Å²) in [5.41, 5.74) is 0.843. The maximum atomic E-state index is 11.6. The molecule has 15 heavy (non-hydrogen) atoms. The van der Waals surface area contributed by atoms with Crippen molar-refractivity contribution >= 4 is 33.3 Å². The topological polar surface area (TPSA) is 37.4 Å². The van der Waals surface area contributed by atoms with Crippen LogP contribution in [0, 0.1) is 0 Å². The van der Waals surface area contributed by atoms with Gasteiger partial charge in [-0.3, -0.25) is 9.59 Å². The Kier molecular flexibility index (Phi) is 2.86. The summed E-state index contributed by atoms with van der Waals surface area (Å²) in [4.78, 5) is 24.4. The fourth-order valence-corrected chi connectivity index (χ4v) is 2.14. The molecule has 2 rings (SSSR count). The number of hydrogen-bond donors (Lipinski definition) is 0. The van der Waals surface area contributed by atoms with Gasteiger partial charge >= 0.3 is 0 Å². The molecule has 1 saturated heterocycles. The summed E-state index contributed by atoms with van der Waals surface area (Å²) >= 11 is 3.40. The standard InChI is InChI=1S/C11H10BrNO2/c12-9-3-1-2-4-10(9)13-6-5-8(14)7-11(13)15/h1-4H,5-7H2. The molecular formula is C11H10BrNO2. The predicted octanol–water partition coefficient (Wildman–Crippen LogP) is 2.14. The van der Waals surface area contributed by atoms with Gasteiger partial charge in [0.05, 0.1) is 12.1 Å². The van der Waals surface area contributed by atoms with E-state index in [9.17, 15) is 9.59 Å². The molecule has 4 heteroatoms. The molecule has 1 fully saturated rings. The Morgan fingerprint density at radius 1 is 1.20 bits per heavy atom. The smallest absolute Gasteiger partial charge is 0.234 e. The minimum atomic E-state index is -0.113. The van der Waals surface area contributed by atoms with E-state index in [1.54, 1.807) is 4.90 Å². The average Bonchev–Trinajstić information content (AvgIpc) is 2.20. The van der Waals surface area contributed by atoms with Crippen LogP contribution in [0.4, 0.5) is 5.69 Å². The van der Waals surface area contributed by atoms with Gasteiger partial charge in [0, 0.05) is 17.4 Å². The predicted molar refractivity (Wildman–Crippen MR) is 60.7 cm³/mol. The summed E-state index contributed by atoms with van der Waals surface area (Å²) in [6.07, 6.45) is 0.481. The number of rotatable bonds is 1. The first-order valence-electron chi connectivity index (χ1n) is 4.75. The normalized spacial score (nSPS) is 17.0. The fraction of sp³-hybridized carbons (Fsp3) is 0.273. The zero-order valence-corrected chi connectivity index (χ0v) is 9.66. The van der Waals surface area contributed by atoms with Crippen LogP contribution in [0.15, 0.2) is 28.7 Å². The van der Waals surface area contributed by atoms with Crippen molar-refractivity contribution in [3.05, 3.63) is 28.7 Å². The maximum Gasteiger partial charge on any atom is 0.234 e.